The van der Waals surface area contributed by atoms with Crippen molar-refractivity contribution in [3.05, 3.63) is 35.6 Å². The Labute approximate surface area is 147 Å². The predicted octanol–water partition coefficient (Wildman–Crippen LogP) is 3.55. The third-order valence-corrected chi connectivity index (χ3v) is 5.24. The number of carbonyl (C=O) groups excluding carboxylic acids is 1. The summed E-state index contributed by atoms with van der Waals surface area (Å²) in [4.78, 5) is 11.6. The van der Waals surface area contributed by atoms with E-state index in [0.29, 0.717) is 38.9 Å². The highest BCUT2D eigenvalue weighted by molar-refractivity contribution is 7.44. The average Bonchev–Trinajstić information content (AvgIpc) is 3.06. The molecule has 1 aromatic carbocycles. The van der Waals surface area contributed by atoms with Gasteiger partial charge in [-0.2, -0.15) is 5.26 Å². The van der Waals surface area contributed by atoms with Crippen molar-refractivity contribution in [3.63, 3.8) is 0 Å². The lowest BCUT2D eigenvalue weighted by molar-refractivity contribution is -0.184. The summed E-state index contributed by atoms with van der Waals surface area (Å²) in [5.41, 5.74) is 0.366. The van der Waals surface area contributed by atoms with E-state index in [1.165, 1.54) is 12.1 Å². The van der Waals surface area contributed by atoms with E-state index in [1.807, 2.05) is 0 Å². The van der Waals surface area contributed by atoms with E-state index >= 15 is 0 Å². The molecule has 3 rings (SSSR count). The summed E-state index contributed by atoms with van der Waals surface area (Å²) >= 11 is 0. The molecule has 134 valence electrons. The molecule has 2 aliphatic rings. The van der Waals surface area contributed by atoms with Gasteiger partial charge in [0.2, 0.25) is 6.16 Å². The maximum Gasteiger partial charge on any atom is 0.350 e. The van der Waals surface area contributed by atoms with Crippen LogP contribution in [0, 0.1) is 17.1 Å². The van der Waals surface area contributed by atoms with Crippen LogP contribution in [-0.4, -0.2) is 38.1 Å². The van der Waals surface area contributed by atoms with Gasteiger partial charge in [0.25, 0.3) is 0 Å². The Morgan fingerprint density at radius 3 is 2.16 bits per heavy atom. The van der Waals surface area contributed by atoms with Crippen molar-refractivity contribution in [1.29, 1.82) is 5.26 Å². The maximum atomic E-state index is 13.0. The van der Waals surface area contributed by atoms with Crippen molar-refractivity contribution in [3.8, 4) is 6.07 Å². The molecule has 1 atom stereocenters. The van der Waals surface area contributed by atoms with E-state index in [-0.39, 0.29) is 12.0 Å². The molecular formula is C18H22FNO4P+. The van der Waals surface area contributed by atoms with Crippen molar-refractivity contribution < 1.29 is 23.2 Å². The molecule has 2 fully saturated rings. The number of halogens is 1. The largest absolute Gasteiger partial charge is 0.350 e. The quantitative estimate of drug-likeness (QED) is 0.604. The molecule has 1 aliphatic carbocycles. The lowest BCUT2D eigenvalue weighted by Gasteiger charge is -2.40. The Morgan fingerprint density at radius 2 is 1.76 bits per heavy atom. The second-order valence-corrected chi connectivity index (χ2v) is 7.90. The van der Waals surface area contributed by atoms with Crippen molar-refractivity contribution in [2.24, 2.45) is 0 Å². The Morgan fingerprint density at radius 1 is 1.20 bits per heavy atom. The molecule has 0 bridgehead atoms. The first-order chi connectivity index (χ1) is 12.0. The minimum Gasteiger partial charge on any atom is -0.348 e. The lowest BCUT2D eigenvalue weighted by atomic mass is 9.69. The molecule has 5 nitrogen and oxygen atoms in total. The van der Waals surface area contributed by atoms with Crippen molar-refractivity contribution in [1.82, 2.24) is 0 Å². The van der Waals surface area contributed by atoms with Crippen LogP contribution >= 0.6 is 7.80 Å². The molecule has 25 heavy (non-hydrogen) atoms. The molecule has 1 heterocycles. The number of ether oxygens (including phenoxy) is 2. The monoisotopic (exact) mass is 366 g/mol. The molecule has 1 unspecified atom stereocenters. The molecule has 1 saturated heterocycles. The third-order valence-electron chi connectivity index (χ3n) is 4.66. The molecule has 1 aromatic rings. The molecule has 0 N–H and O–H groups in total. The first-order valence-corrected chi connectivity index (χ1v) is 10.1. The highest BCUT2D eigenvalue weighted by atomic mass is 31.1. The molecule has 0 aromatic heterocycles. The first kappa shape index (κ1) is 19.7. The van der Waals surface area contributed by atoms with Gasteiger partial charge in [0.05, 0.1) is 18.6 Å². The molecular weight excluding hydrogens is 344 g/mol. The minimum atomic E-state index is -1.21. The van der Waals surface area contributed by atoms with Crippen molar-refractivity contribution >= 4 is 14.1 Å². The molecule has 0 amide bonds. The molecule has 0 radical (unpaired) electrons. The zero-order valence-corrected chi connectivity index (χ0v) is 15.1. The lowest BCUT2D eigenvalue weighted by Crippen LogP contribution is -2.43. The number of nitrogens with zero attached hydrogens (tertiary/aromatic N) is 1. The summed E-state index contributed by atoms with van der Waals surface area (Å²) in [7, 11) is -1.21. The fraction of sp³-hybridized carbons (Fsp3) is 0.556. The van der Waals surface area contributed by atoms with Crippen molar-refractivity contribution in [2.75, 3.05) is 26.0 Å². The van der Waals surface area contributed by atoms with Gasteiger partial charge in [-0.1, -0.05) is 16.7 Å². The van der Waals surface area contributed by atoms with Crippen LogP contribution in [0.3, 0.4) is 0 Å². The normalized spacial score (nSPS) is 20.9. The zero-order valence-electron chi connectivity index (χ0n) is 14.2. The van der Waals surface area contributed by atoms with E-state index in [2.05, 4.69) is 0 Å². The highest BCUT2D eigenvalue weighted by Gasteiger charge is 2.46. The van der Waals surface area contributed by atoms with Gasteiger partial charge >= 0.3 is 7.80 Å². The topological polar surface area (TPSA) is 76.4 Å². The number of nitriles is 1. The van der Waals surface area contributed by atoms with E-state index in [4.69, 9.17) is 14.7 Å². The summed E-state index contributed by atoms with van der Waals surface area (Å²) < 4.78 is 34.3. The molecule has 7 heteroatoms. The maximum absolute atomic E-state index is 13.0. The number of benzene rings is 1. The van der Waals surface area contributed by atoms with Gasteiger partial charge in [-0.15, -0.1) is 0 Å². The fourth-order valence-electron chi connectivity index (χ4n) is 3.22. The van der Waals surface area contributed by atoms with Crippen LogP contribution in [0.2, 0.25) is 0 Å². The van der Waals surface area contributed by atoms with Crippen LogP contribution in [-0.2, 0) is 24.2 Å². The zero-order chi connectivity index (χ0) is 18.3. The number of rotatable bonds is 3. The third kappa shape index (κ3) is 4.92. The Bertz CT molecular complexity index is 640. The van der Waals surface area contributed by atoms with Gasteiger partial charge in [0.15, 0.2) is 5.79 Å². The molecule has 1 aliphatic heterocycles. The fourth-order valence-corrected chi connectivity index (χ4v) is 3.42. The van der Waals surface area contributed by atoms with Crippen LogP contribution < -0.4 is 0 Å². The van der Waals surface area contributed by atoms with Crippen LogP contribution in [0.25, 0.3) is 0 Å². The van der Waals surface area contributed by atoms with Crippen LogP contribution in [0.15, 0.2) is 24.3 Å². The SMILES string of the molecule is C[P+](=O)CC#N.O=CC1(c2ccc(F)cc2)CCC2(CC1)OCCO2. The van der Waals surface area contributed by atoms with Gasteiger partial charge in [-0.25, -0.2) is 4.39 Å². The summed E-state index contributed by atoms with van der Waals surface area (Å²) in [6.07, 6.45) is 3.98. The number of carbonyl (C=O) groups is 1. The average molecular weight is 366 g/mol. The van der Waals surface area contributed by atoms with Crippen LogP contribution in [0.1, 0.15) is 31.2 Å². The Balaban J connectivity index is 0.000000326. The van der Waals surface area contributed by atoms with Gasteiger partial charge in [-0.3, -0.25) is 0 Å². The van der Waals surface area contributed by atoms with E-state index in [9.17, 15) is 13.8 Å². The van der Waals surface area contributed by atoms with E-state index < -0.39 is 19.0 Å². The van der Waals surface area contributed by atoms with Crippen LogP contribution in [0.4, 0.5) is 4.39 Å². The first-order valence-electron chi connectivity index (χ1n) is 8.21. The second-order valence-electron chi connectivity index (χ2n) is 6.33. The summed E-state index contributed by atoms with van der Waals surface area (Å²) in [5, 5.41) is 7.80. The summed E-state index contributed by atoms with van der Waals surface area (Å²) in [6, 6.07) is 8.02. The second kappa shape index (κ2) is 8.62. The van der Waals surface area contributed by atoms with Gasteiger partial charge < -0.3 is 14.3 Å². The van der Waals surface area contributed by atoms with Crippen molar-refractivity contribution in [2.45, 2.75) is 36.9 Å². The number of aldehydes is 1. The summed E-state index contributed by atoms with van der Waals surface area (Å²) in [5.74, 6) is -0.758. The predicted molar refractivity (Wildman–Crippen MR) is 91.3 cm³/mol. The molecule has 1 saturated carbocycles. The van der Waals surface area contributed by atoms with Gasteiger partial charge in [-0.05, 0) is 30.5 Å². The van der Waals surface area contributed by atoms with Gasteiger partial charge in [0, 0.05) is 12.8 Å². The minimum absolute atomic E-state index is 0.190. The van der Waals surface area contributed by atoms with E-state index in [0.717, 1.165) is 11.8 Å². The Kier molecular flexibility index (Phi) is 6.78. The van der Waals surface area contributed by atoms with Gasteiger partial charge in [0.1, 0.15) is 24.8 Å². The number of hydrogen-bond acceptors (Lipinski definition) is 5. The standard InChI is InChI=1S/C15H17FO3.C3H5NOP/c16-13-3-1-12(2-4-13)14(11-17)5-7-15(8-6-14)18-9-10-19-15;1-6(5)3-2-4/h1-4,11H,5-10H2;3H2,1H3/q;+1. The smallest absolute Gasteiger partial charge is 0.348 e. The molecule has 1 spiro atoms. The van der Waals surface area contributed by atoms with E-state index in [1.54, 1.807) is 24.9 Å². The number of hydrogen-bond donors (Lipinski definition) is 0. The van der Waals surface area contributed by atoms with Crippen LogP contribution in [0.5, 0.6) is 0 Å². The highest BCUT2D eigenvalue weighted by Crippen LogP contribution is 2.45. The summed E-state index contributed by atoms with van der Waals surface area (Å²) in [6.45, 7) is 2.80. The Hall–Kier alpha value is -1.67.